The molecule has 1 aliphatic heterocycles. The summed E-state index contributed by atoms with van der Waals surface area (Å²) in [7, 11) is 0. The Morgan fingerprint density at radius 3 is 3.00 bits per heavy atom. The molecule has 2 N–H and O–H groups in total. The summed E-state index contributed by atoms with van der Waals surface area (Å²) in [4.78, 5) is 0. The molecule has 1 aliphatic carbocycles. The Balaban J connectivity index is 1.73. The fourth-order valence-corrected chi connectivity index (χ4v) is 2.07. The summed E-state index contributed by atoms with van der Waals surface area (Å²) in [5, 5.41) is 12.9. The maximum atomic E-state index is 9.51. The summed E-state index contributed by atoms with van der Waals surface area (Å²) in [6, 6.07) is 0.137. The average molecular weight is 197 g/mol. The molecule has 1 saturated heterocycles. The molecule has 0 radical (unpaired) electrons. The van der Waals surface area contributed by atoms with Gasteiger partial charge in [0.1, 0.15) is 0 Å². The first-order chi connectivity index (χ1) is 6.86. The third-order valence-corrected chi connectivity index (χ3v) is 3.03. The Bertz CT molecular complexity index is 215. The van der Waals surface area contributed by atoms with Gasteiger partial charge in [0.25, 0.3) is 0 Å². The van der Waals surface area contributed by atoms with Gasteiger partial charge in [-0.2, -0.15) is 0 Å². The summed E-state index contributed by atoms with van der Waals surface area (Å²) in [5.74, 6) is 0. The van der Waals surface area contributed by atoms with E-state index in [1.165, 1.54) is 31.3 Å². The molecule has 80 valence electrons. The first-order valence-corrected chi connectivity index (χ1v) is 5.53. The highest BCUT2D eigenvalue weighted by Gasteiger charge is 2.25. The van der Waals surface area contributed by atoms with Crippen LogP contribution in [0.1, 0.15) is 25.7 Å². The molecule has 2 unspecified atom stereocenters. The largest absolute Gasteiger partial charge is 0.389 e. The fraction of sp³-hybridized carbons (Fsp3) is 0.818. The SMILES string of the molecule is OC1COCC1NCC1=CCCCC1. The van der Waals surface area contributed by atoms with E-state index >= 15 is 0 Å². The maximum absolute atomic E-state index is 9.51. The lowest BCUT2D eigenvalue weighted by Gasteiger charge is -2.18. The molecule has 0 saturated carbocycles. The molecule has 0 aromatic heterocycles. The standard InChI is InChI=1S/C11H19NO2/c13-11-8-14-7-10(11)12-6-9-4-2-1-3-5-9/h4,10-13H,1-3,5-8H2. The van der Waals surface area contributed by atoms with Gasteiger partial charge in [-0.1, -0.05) is 11.6 Å². The van der Waals surface area contributed by atoms with Gasteiger partial charge in [0.15, 0.2) is 0 Å². The summed E-state index contributed by atoms with van der Waals surface area (Å²) < 4.78 is 5.18. The van der Waals surface area contributed by atoms with E-state index in [1.807, 2.05) is 0 Å². The van der Waals surface area contributed by atoms with Gasteiger partial charge in [0.05, 0.1) is 25.4 Å². The lowest BCUT2D eigenvalue weighted by Crippen LogP contribution is -2.39. The van der Waals surface area contributed by atoms with Gasteiger partial charge < -0.3 is 15.2 Å². The average Bonchev–Trinajstić information content (AvgIpc) is 2.63. The highest BCUT2D eigenvalue weighted by atomic mass is 16.5. The second kappa shape index (κ2) is 4.91. The van der Waals surface area contributed by atoms with Crippen molar-refractivity contribution < 1.29 is 9.84 Å². The smallest absolute Gasteiger partial charge is 0.0948 e. The minimum absolute atomic E-state index is 0.137. The molecule has 0 spiro atoms. The predicted octanol–water partition coefficient (Wildman–Crippen LogP) is 0.836. The van der Waals surface area contributed by atoms with Gasteiger partial charge in [-0.25, -0.2) is 0 Å². The number of allylic oxidation sites excluding steroid dienone is 1. The van der Waals surface area contributed by atoms with Gasteiger partial charge in [0, 0.05) is 6.54 Å². The molecule has 3 heteroatoms. The van der Waals surface area contributed by atoms with Gasteiger partial charge in [-0.15, -0.1) is 0 Å². The van der Waals surface area contributed by atoms with Crippen LogP contribution in [0.25, 0.3) is 0 Å². The molecular formula is C11H19NO2. The molecule has 1 heterocycles. The summed E-state index contributed by atoms with van der Waals surface area (Å²) in [6.45, 7) is 2.05. The molecule has 14 heavy (non-hydrogen) atoms. The number of hydrogen-bond acceptors (Lipinski definition) is 3. The van der Waals surface area contributed by atoms with Gasteiger partial charge >= 0.3 is 0 Å². The van der Waals surface area contributed by atoms with Crippen LogP contribution in [-0.4, -0.2) is 37.0 Å². The van der Waals surface area contributed by atoms with Crippen LogP contribution in [0.2, 0.25) is 0 Å². The van der Waals surface area contributed by atoms with Crippen molar-refractivity contribution in [2.45, 2.75) is 37.8 Å². The van der Waals surface area contributed by atoms with Crippen molar-refractivity contribution in [2.24, 2.45) is 0 Å². The van der Waals surface area contributed by atoms with Gasteiger partial charge in [-0.05, 0) is 25.7 Å². The Morgan fingerprint density at radius 1 is 1.43 bits per heavy atom. The molecule has 2 rings (SSSR count). The molecule has 0 aromatic carbocycles. The molecule has 0 amide bonds. The van der Waals surface area contributed by atoms with Crippen LogP contribution in [0.3, 0.4) is 0 Å². The zero-order valence-corrected chi connectivity index (χ0v) is 8.54. The third-order valence-electron chi connectivity index (χ3n) is 3.03. The van der Waals surface area contributed by atoms with Crippen LogP contribution in [0.4, 0.5) is 0 Å². The van der Waals surface area contributed by atoms with Gasteiger partial charge in [0.2, 0.25) is 0 Å². The highest BCUT2D eigenvalue weighted by molar-refractivity contribution is 5.07. The van der Waals surface area contributed by atoms with Crippen LogP contribution in [-0.2, 0) is 4.74 Å². The lowest BCUT2D eigenvalue weighted by atomic mass is 9.99. The van der Waals surface area contributed by atoms with E-state index in [2.05, 4.69) is 11.4 Å². The highest BCUT2D eigenvalue weighted by Crippen LogP contribution is 2.17. The van der Waals surface area contributed by atoms with Crippen molar-refractivity contribution in [3.8, 4) is 0 Å². The minimum Gasteiger partial charge on any atom is -0.389 e. The van der Waals surface area contributed by atoms with Crippen LogP contribution >= 0.6 is 0 Å². The number of aliphatic hydroxyl groups is 1. The molecule has 0 aromatic rings. The van der Waals surface area contributed by atoms with E-state index in [1.54, 1.807) is 0 Å². The molecule has 0 bridgehead atoms. The minimum atomic E-state index is -0.320. The van der Waals surface area contributed by atoms with Crippen molar-refractivity contribution in [3.63, 3.8) is 0 Å². The number of hydrogen-bond donors (Lipinski definition) is 2. The maximum Gasteiger partial charge on any atom is 0.0948 e. The summed E-state index contributed by atoms with van der Waals surface area (Å²) >= 11 is 0. The number of nitrogens with one attached hydrogen (secondary N) is 1. The van der Waals surface area contributed by atoms with E-state index in [0.29, 0.717) is 13.2 Å². The number of rotatable bonds is 3. The summed E-state index contributed by atoms with van der Waals surface area (Å²) in [6.07, 6.45) is 7.10. The monoisotopic (exact) mass is 197 g/mol. The molecule has 3 nitrogen and oxygen atoms in total. The number of ether oxygens (including phenoxy) is 1. The molecule has 1 fully saturated rings. The topological polar surface area (TPSA) is 41.5 Å². The predicted molar refractivity (Wildman–Crippen MR) is 55.2 cm³/mol. The second-order valence-corrected chi connectivity index (χ2v) is 4.20. The molecule has 2 atom stereocenters. The molecular weight excluding hydrogens is 178 g/mol. The Labute approximate surface area is 85.1 Å². The van der Waals surface area contributed by atoms with E-state index in [4.69, 9.17) is 4.74 Å². The van der Waals surface area contributed by atoms with Crippen LogP contribution in [0.15, 0.2) is 11.6 Å². The van der Waals surface area contributed by atoms with Crippen LogP contribution < -0.4 is 5.32 Å². The summed E-state index contributed by atoms with van der Waals surface area (Å²) in [5.41, 5.74) is 1.50. The van der Waals surface area contributed by atoms with Gasteiger partial charge in [-0.3, -0.25) is 0 Å². The Morgan fingerprint density at radius 2 is 2.36 bits per heavy atom. The molecule has 2 aliphatic rings. The normalized spacial score (nSPS) is 33.1. The fourth-order valence-electron chi connectivity index (χ4n) is 2.07. The van der Waals surface area contributed by atoms with Crippen molar-refractivity contribution in [1.29, 1.82) is 0 Å². The zero-order valence-electron chi connectivity index (χ0n) is 8.54. The zero-order chi connectivity index (χ0) is 9.80. The van der Waals surface area contributed by atoms with E-state index < -0.39 is 0 Å². The Hall–Kier alpha value is -0.380. The van der Waals surface area contributed by atoms with E-state index in [9.17, 15) is 5.11 Å². The first kappa shape index (κ1) is 10.1. The third kappa shape index (κ3) is 2.56. The quantitative estimate of drug-likeness (QED) is 0.659. The van der Waals surface area contributed by atoms with Crippen molar-refractivity contribution >= 4 is 0 Å². The lowest BCUT2D eigenvalue weighted by molar-refractivity contribution is 0.122. The van der Waals surface area contributed by atoms with Crippen molar-refractivity contribution in [1.82, 2.24) is 5.32 Å². The Kier molecular flexibility index (Phi) is 3.56. The van der Waals surface area contributed by atoms with Crippen molar-refractivity contribution in [2.75, 3.05) is 19.8 Å². The van der Waals surface area contributed by atoms with Crippen LogP contribution in [0.5, 0.6) is 0 Å². The van der Waals surface area contributed by atoms with E-state index in [0.717, 1.165) is 6.54 Å². The first-order valence-electron chi connectivity index (χ1n) is 5.53. The number of aliphatic hydroxyl groups excluding tert-OH is 1. The second-order valence-electron chi connectivity index (χ2n) is 4.20. The van der Waals surface area contributed by atoms with Crippen molar-refractivity contribution in [3.05, 3.63) is 11.6 Å². The van der Waals surface area contributed by atoms with Crippen LogP contribution in [0, 0.1) is 0 Å². The van der Waals surface area contributed by atoms with E-state index in [-0.39, 0.29) is 12.1 Å².